The van der Waals surface area contributed by atoms with Crippen molar-refractivity contribution in [2.24, 2.45) is 0 Å². The zero-order valence-corrected chi connectivity index (χ0v) is 23.9. The van der Waals surface area contributed by atoms with Crippen LogP contribution in [0.5, 0.6) is 5.75 Å². The lowest BCUT2D eigenvalue weighted by Crippen LogP contribution is -2.47. The summed E-state index contributed by atoms with van der Waals surface area (Å²) in [5.41, 5.74) is 3.03. The Kier molecular flexibility index (Phi) is 9.83. The second kappa shape index (κ2) is 13.5. The van der Waals surface area contributed by atoms with E-state index in [0.717, 1.165) is 16.9 Å². The van der Waals surface area contributed by atoms with Crippen LogP contribution in [0.4, 0.5) is 11.4 Å². The lowest BCUT2D eigenvalue weighted by molar-refractivity contribution is -0.143. The van der Waals surface area contributed by atoms with Crippen molar-refractivity contribution in [3.8, 4) is 5.75 Å². The van der Waals surface area contributed by atoms with Gasteiger partial charge in [-0.15, -0.1) is 0 Å². The number of ether oxygens (including phenoxy) is 2. The van der Waals surface area contributed by atoms with Crippen molar-refractivity contribution in [2.45, 2.75) is 58.5 Å². The number of amides is 2. The fraction of sp³-hybridized carbons (Fsp3) is 0.344. The van der Waals surface area contributed by atoms with E-state index in [1.54, 1.807) is 43.3 Å². The number of carbonyl (C=O) groups is 3. The first kappa shape index (κ1) is 29.2. The van der Waals surface area contributed by atoms with E-state index in [9.17, 15) is 14.4 Å². The summed E-state index contributed by atoms with van der Waals surface area (Å²) in [5, 5.41) is 0.606. The van der Waals surface area contributed by atoms with Gasteiger partial charge in [-0.3, -0.25) is 14.4 Å². The summed E-state index contributed by atoms with van der Waals surface area (Å²) < 4.78 is 10.7. The van der Waals surface area contributed by atoms with Gasteiger partial charge in [-0.1, -0.05) is 36.7 Å². The lowest BCUT2D eigenvalue weighted by Gasteiger charge is -2.43. The van der Waals surface area contributed by atoms with Crippen molar-refractivity contribution in [1.82, 2.24) is 0 Å². The van der Waals surface area contributed by atoms with E-state index in [2.05, 4.69) is 0 Å². The lowest BCUT2D eigenvalue weighted by atomic mass is 9.89. The molecule has 4 rings (SSSR count). The number of carbonyl (C=O) groups excluding carboxylic acids is 3. The van der Waals surface area contributed by atoms with Gasteiger partial charge in [0, 0.05) is 40.8 Å². The van der Waals surface area contributed by atoms with Crippen LogP contribution in [0.1, 0.15) is 68.4 Å². The third-order valence-corrected chi connectivity index (χ3v) is 7.22. The van der Waals surface area contributed by atoms with Crippen LogP contribution >= 0.6 is 11.6 Å². The number of fused-ring (bicyclic) bond motifs is 1. The normalized spacial score (nSPS) is 16.1. The van der Waals surface area contributed by atoms with Crippen LogP contribution < -0.4 is 14.5 Å². The zero-order valence-electron chi connectivity index (χ0n) is 23.1. The molecule has 3 aromatic rings. The molecule has 0 aromatic heterocycles. The molecule has 0 radical (unpaired) electrons. The molecule has 0 fully saturated rings. The predicted molar refractivity (Wildman–Crippen MR) is 157 cm³/mol. The van der Waals surface area contributed by atoms with Crippen LogP contribution in [0.15, 0.2) is 72.8 Å². The molecular formula is C32H35ClN2O5. The van der Waals surface area contributed by atoms with Crippen LogP contribution in [0, 0.1) is 0 Å². The average Bonchev–Trinajstić information content (AvgIpc) is 2.96. The van der Waals surface area contributed by atoms with Gasteiger partial charge in [0.05, 0.1) is 19.3 Å². The highest BCUT2D eigenvalue weighted by Crippen LogP contribution is 2.43. The highest BCUT2D eigenvalue weighted by molar-refractivity contribution is 6.30. The van der Waals surface area contributed by atoms with Gasteiger partial charge in [-0.2, -0.15) is 0 Å². The summed E-state index contributed by atoms with van der Waals surface area (Å²) in [7, 11) is 0. The second-order valence-electron chi connectivity index (χ2n) is 9.71. The van der Waals surface area contributed by atoms with Crippen molar-refractivity contribution in [3.05, 3.63) is 88.9 Å². The molecule has 0 N–H and O–H groups in total. The monoisotopic (exact) mass is 562 g/mol. The summed E-state index contributed by atoms with van der Waals surface area (Å²) in [6.07, 6.45) is 1.79. The van der Waals surface area contributed by atoms with Gasteiger partial charge in [0.1, 0.15) is 5.75 Å². The molecule has 2 atom stereocenters. The first-order chi connectivity index (χ1) is 19.3. The van der Waals surface area contributed by atoms with Gasteiger partial charge in [0.2, 0.25) is 5.91 Å². The number of esters is 1. The van der Waals surface area contributed by atoms with Crippen molar-refractivity contribution in [3.63, 3.8) is 0 Å². The average molecular weight is 563 g/mol. The van der Waals surface area contributed by atoms with Crippen molar-refractivity contribution >= 4 is 40.8 Å². The maximum atomic E-state index is 13.8. The second-order valence-corrected chi connectivity index (χ2v) is 10.1. The van der Waals surface area contributed by atoms with Gasteiger partial charge in [0.25, 0.3) is 5.91 Å². The molecule has 0 bridgehead atoms. The number of rotatable bonds is 10. The molecular weight excluding hydrogens is 528 g/mol. The molecule has 0 aliphatic carbocycles. The topological polar surface area (TPSA) is 76.2 Å². The molecule has 8 heteroatoms. The molecule has 2 amide bonds. The van der Waals surface area contributed by atoms with Crippen molar-refractivity contribution in [2.75, 3.05) is 23.0 Å². The Balaban J connectivity index is 1.54. The fourth-order valence-corrected chi connectivity index (χ4v) is 5.20. The number of benzene rings is 3. The Labute approximate surface area is 240 Å². The molecule has 40 heavy (non-hydrogen) atoms. The molecule has 1 aliphatic rings. The number of halogens is 1. The van der Waals surface area contributed by atoms with E-state index < -0.39 is 0 Å². The molecule has 210 valence electrons. The Morgan fingerprint density at radius 1 is 0.975 bits per heavy atom. The highest BCUT2D eigenvalue weighted by atomic mass is 35.5. The Morgan fingerprint density at radius 2 is 1.68 bits per heavy atom. The molecule has 1 unspecified atom stereocenters. The van der Waals surface area contributed by atoms with E-state index >= 15 is 0 Å². The quantitative estimate of drug-likeness (QED) is 0.197. The third kappa shape index (κ3) is 6.65. The van der Waals surface area contributed by atoms with Gasteiger partial charge in [-0.05, 0) is 86.8 Å². The van der Waals surface area contributed by atoms with Crippen molar-refractivity contribution < 1.29 is 23.9 Å². The molecule has 0 saturated carbocycles. The van der Waals surface area contributed by atoms with Gasteiger partial charge >= 0.3 is 5.97 Å². The fourth-order valence-electron chi connectivity index (χ4n) is 5.08. The number of anilines is 2. The maximum Gasteiger partial charge on any atom is 0.305 e. The summed E-state index contributed by atoms with van der Waals surface area (Å²) in [5.74, 6) is 0.281. The van der Waals surface area contributed by atoms with Gasteiger partial charge in [-0.25, -0.2) is 0 Å². The SMILES string of the molecule is CCOC(=O)CCCOc1ccc(C(=O)N2c3ccccc3[C@@H](N(C(=O)CC)c3ccc(Cl)cc3)CC2C)cc1. The van der Waals surface area contributed by atoms with Crippen molar-refractivity contribution in [1.29, 1.82) is 0 Å². The summed E-state index contributed by atoms with van der Waals surface area (Å²) in [6.45, 7) is 6.39. The predicted octanol–water partition coefficient (Wildman–Crippen LogP) is 6.99. The number of para-hydroxylation sites is 1. The molecule has 1 heterocycles. The smallest absolute Gasteiger partial charge is 0.305 e. The van der Waals surface area contributed by atoms with Crippen LogP contribution in [0.3, 0.4) is 0 Å². The minimum atomic E-state index is -0.236. The molecule has 0 spiro atoms. The maximum absolute atomic E-state index is 13.8. The van der Waals surface area contributed by atoms with Crippen LogP contribution in [-0.4, -0.2) is 37.0 Å². The number of hydrogen-bond acceptors (Lipinski definition) is 5. The third-order valence-electron chi connectivity index (χ3n) is 6.97. The van der Waals surface area contributed by atoms with Crippen LogP contribution in [0.25, 0.3) is 0 Å². The first-order valence-electron chi connectivity index (χ1n) is 13.7. The van der Waals surface area contributed by atoms with Crippen LogP contribution in [0.2, 0.25) is 5.02 Å². The summed E-state index contributed by atoms with van der Waals surface area (Å²) in [4.78, 5) is 42.1. The van der Waals surface area contributed by atoms with Gasteiger partial charge in [0.15, 0.2) is 0 Å². The highest BCUT2D eigenvalue weighted by Gasteiger charge is 2.38. The Morgan fingerprint density at radius 3 is 2.35 bits per heavy atom. The van der Waals surface area contributed by atoms with E-state index in [-0.39, 0.29) is 29.9 Å². The largest absolute Gasteiger partial charge is 0.494 e. The van der Waals surface area contributed by atoms with E-state index in [4.69, 9.17) is 21.1 Å². The minimum absolute atomic E-state index is 0.00643. The molecule has 3 aromatic carbocycles. The van der Waals surface area contributed by atoms with E-state index in [0.29, 0.717) is 55.2 Å². The Hall–Kier alpha value is -3.84. The van der Waals surface area contributed by atoms with Crippen LogP contribution in [-0.2, 0) is 14.3 Å². The Bertz CT molecular complexity index is 1330. The van der Waals surface area contributed by atoms with E-state index in [1.807, 2.05) is 60.0 Å². The standard InChI is InChI=1S/C32H35ClN2O5/c1-4-30(36)35(25-16-14-24(33)15-17-25)29-21-22(3)34(28-10-7-6-9-27(28)29)32(38)23-12-18-26(19-13-23)40-20-8-11-31(37)39-5-2/h6-7,9-10,12-19,22,29H,4-5,8,11,20-21H2,1-3H3/t22?,29-/m0/s1. The molecule has 7 nitrogen and oxygen atoms in total. The zero-order chi connectivity index (χ0) is 28.6. The minimum Gasteiger partial charge on any atom is -0.494 e. The first-order valence-corrected chi connectivity index (χ1v) is 14.1. The van der Waals surface area contributed by atoms with E-state index in [1.165, 1.54) is 0 Å². The summed E-state index contributed by atoms with van der Waals surface area (Å²) in [6, 6.07) is 21.7. The summed E-state index contributed by atoms with van der Waals surface area (Å²) >= 11 is 6.12. The number of hydrogen-bond donors (Lipinski definition) is 0. The van der Waals surface area contributed by atoms with Gasteiger partial charge < -0.3 is 19.3 Å². The molecule has 0 saturated heterocycles. The molecule has 1 aliphatic heterocycles. The number of nitrogens with zero attached hydrogens (tertiary/aromatic N) is 2.